The lowest BCUT2D eigenvalue weighted by atomic mass is 9.97. The second-order valence-corrected chi connectivity index (χ2v) is 9.16. The monoisotopic (exact) mass is 487 g/mol. The molecule has 2 amide bonds. The highest BCUT2D eigenvalue weighted by Gasteiger charge is 2.26. The van der Waals surface area contributed by atoms with Crippen molar-refractivity contribution >= 4 is 29.2 Å². The number of imidazole rings is 1. The zero-order chi connectivity index (χ0) is 25.2. The molecule has 37 heavy (non-hydrogen) atoms. The molecule has 0 aliphatic heterocycles. The van der Waals surface area contributed by atoms with E-state index in [2.05, 4.69) is 20.2 Å². The van der Waals surface area contributed by atoms with Crippen LogP contribution in [0, 0.1) is 0 Å². The summed E-state index contributed by atoms with van der Waals surface area (Å²) in [5.41, 5.74) is 6.89. The third kappa shape index (κ3) is 4.36. The smallest absolute Gasteiger partial charge is 0.251 e. The second-order valence-electron chi connectivity index (χ2n) is 9.16. The number of anilines is 1. The van der Waals surface area contributed by atoms with Crippen molar-refractivity contribution in [2.45, 2.75) is 25.3 Å². The molecule has 0 fully saturated rings. The van der Waals surface area contributed by atoms with Crippen molar-refractivity contribution in [3.05, 3.63) is 119 Å². The normalized spacial score (nSPS) is 14.3. The first-order valence-corrected chi connectivity index (χ1v) is 12.3. The minimum atomic E-state index is -0.136. The van der Waals surface area contributed by atoms with E-state index in [1.807, 2.05) is 84.9 Å². The molecule has 0 bridgehead atoms. The largest absolute Gasteiger partial charge is 0.345 e. The maximum atomic E-state index is 13.2. The van der Waals surface area contributed by atoms with E-state index >= 15 is 0 Å². The molecular formula is C30H25N5O2. The summed E-state index contributed by atoms with van der Waals surface area (Å²) in [5.74, 6) is 1.43. The van der Waals surface area contributed by atoms with Gasteiger partial charge in [-0.2, -0.15) is 0 Å². The first-order chi connectivity index (χ1) is 18.2. The molecule has 2 aromatic heterocycles. The highest BCUT2D eigenvalue weighted by molar-refractivity contribution is 5.94. The van der Waals surface area contributed by atoms with E-state index in [9.17, 15) is 9.59 Å². The average Bonchev–Trinajstić information content (AvgIpc) is 3.53. The Labute approximate surface area is 214 Å². The molecule has 6 rings (SSSR count). The van der Waals surface area contributed by atoms with Gasteiger partial charge in [0.25, 0.3) is 5.91 Å². The summed E-state index contributed by atoms with van der Waals surface area (Å²) in [5, 5.41) is 5.77. The zero-order valence-corrected chi connectivity index (χ0v) is 20.1. The highest BCUT2D eigenvalue weighted by atomic mass is 16.1. The standard InChI is InChI=1S/C30H25N5O2/c36-19-33-29-25(9-6-14-31-29)23-15-20-12-13-21(16-22(20)17-23)30(37)32-18-28-34-26-10-4-5-11-27(26)35(28)24-7-2-1-3-8-24/h1-14,16,19,23H,15,17-18H2,(H,32,37)(H,31,33,36). The maximum absolute atomic E-state index is 13.2. The van der Waals surface area contributed by atoms with E-state index in [1.165, 1.54) is 5.56 Å². The number of carbonyl (C=O) groups excluding carboxylic acids is 2. The number of carbonyl (C=O) groups is 2. The van der Waals surface area contributed by atoms with Gasteiger partial charge in [0.15, 0.2) is 0 Å². The van der Waals surface area contributed by atoms with Crippen LogP contribution in [0.25, 0.3) is 16.7 Å². The number of pyridine rings is 1. The number of rotatable bonds is 7. The lowest BCUT2D eigenvalue weighted by Gasteiger charge is -2.13. The van der Waals surface area contributed by atoms with Gasteiger partial charge in [-0.3, -0.25) is 14.2 Å². The Morgan fingerprint density at radius 2 is 1.76 bits per heavy atom. The summed E-state index contributed by atoms with van der Waals surface area (Å²) in [7, 11) is 0. The summed E-state index contributed by atoms with van der Waals surface area (Å²) < 4.78 is 2.09. The van der Waals surface area contributed by atoms with Gasteiger partial charge < -0.3 is 10.6 Å². The van der Waals surface area contributed by atoms with Crippen LogP contribution in [-0.4, -0.2) is 26.9 Å². The Hall–Kier alpha value is -4.78. The topological polar surface area (TPSA) is 88.9 Å². The number of hydrogen-bond donors (Lipinski definition) is 2. The van der Waals surface area contributed by atoms with Gasteiger partial charge in [-0.05, 0) is 77.9 Å². The molecular weight excluding hydrogens is 462 g/mol. The molecule has 1 aliphatic rings. The fourth-order valence-corrected chi connectivity index (χ4v) is 5.22. The third-order valence-electron chi connectivity index (χ3n) is 6.93. The minimum absolute atomic E-state index is 0.136. The zero-order valence-electron chi connectivity index (χ0n) is 20.1. The second kappa shape index (κ2) is 9.70. The fourth-order valence-electron chi connectivity index (χ4n) is 5.22. The van der Waals surface area contributed by atoms with Crippen LogP contribution in [-0.2, 0) is 24.2 Å². The van der Waals surface area contributed by atoms with E-state index in [1.54, 1.807) is 6.20 Å². The van der Waals surface area contributed by atoms with E-state index in [4.69, 9.17) is 4.98 Å². The average molecular weight is 488 g/mol. The number of amides is 2. The van der Waals surface area contributed by atoms with Crippen molar-refractivity contribution < 1.29 is 9.59 Å². The molecule has 2 heterocycles. The van der Waals surface area contributed by atoms with E-state index in [0.717, 1.165) is 46.5 Å². The maximum Gasteiger partial charge on any atom is 0.251 e. The SMILES string of the molecule is O=CNc1ncccc1C1Cc2ccc(C(=O)NCc3nc4ccccc4n3-c3ccccc3)cc2C1. The first kappa shape index (κ1) is 22.7. The van der Waals surface area contributed by atoms with Gasteiger partial charge in [0, 0.05) is 17.4 Å². The lowest BCUT2D eigenvalue weighted by molar-refractivity contribution is -0.105. The summed E-state index contributed by atoms with van der Waals surface area (Å²) in [4.78, 5) is 33.3. The summed E-state index contributed by atoms with van der Waals surface area (Å²) in [6, 6.07) is 27.8. The molecule has 0 spiro atoms. The highest BCUT2D eigenvalue weighted by Crippen LogP contribution is 2.36. The Morgan fingerprint density at radius 1 is 0.946 bits per heavy atom. The van der Waals surface area contributed by atoms with Gasteiger partial charge in [0.2, 0.25) is 6.41 Å². The first-order valence-electron chi connectivity index (χ1n) is 12.3. The van der Waals surface area contributed by atoms with Gasteiger partial charge in [0.05, 0.1) is 17.6 Å². The fraction of sp³-hybridized carbons (Fsp3) is 0.133. The van der Waals surface area contributed by atoms with Crippen LogP contribution in [0.4, 0.5) is 5.82 Å². The molecule has 1 aliphatic carbocycles. The van der Waals surface area contributed by atoms with Gasteiger partial charge in [0.1, 0.15) is 11.6 Å². The molecule has 1 atom stereocenters. The van der Waals surface area contributed by atoms with Crippen molar-refractivity contribution in [3.8, 4) is 5.69 Å². The Kier molecular flexibility index (Phi) is 5.94. The number of nitrogens with zero attached hydrogens (tertiary/aromatic N) is 3. The van der Waals surface area contributed by atoms with Crippen molar-refractivity contribution in [1.82, 2.24) is 19.9 Å². The van der Waals surface area contributed by atoms with Gasteiger partial charge in [-0.15, -0.1) is 0 Å². The van der Waals surface area contributed by atoms with Crippen molar-refractivity contribution in [3.63, 3.8) is 0 Å². The molecule has 0 radical (unpaired) electrons. The third-order valence-corrected chi connectivity index (χ3v) is 6.93. The predicted octanol–water partition coefficient (Wildman–Crippen LogP) is 4.80. The van der Waals surface area contributed by atoms with Crippen molar-refractivity contribution in [2.75, 3.05) is 5.32 Å². The Bertz CT molecular complexity index is 1610. The number of aromatic nitrogens is 3. The van der Waals surface area contributed by atoms with Crippen LogP contribution in [0.1, 0.15) is 38.8 Å². The van der Waals surface area contributed by atoms with Gasteiger partial charge >= 0.3 is 0 Å². The molecule has 2 N–H and O–H groups in total. The summed E-state index contributed by atoms with van der Waals surface area (Å²) in [6.07, 6.45) is 3.96. The quantitative estimate of drug-likeness (QED) is 0.323. The molecule has 7 nitrogen and oxygen atoms in total. The van der Waals surface area contributed by atoms with Crippen LogP contribution in [0.3, 0.4) is 0 Å². The number of hydrogen-bond acceptors (Lipinski definition) is 4. The molecule has 3 aromatic carbocycles. The van der Waals surface area contributed by atoms with E-state index < -0.39 is 0 Å². The van der Waals surface area contributed by atoms with Gasteiger partial charge in [-0.1, -0.05) is 42.5 Å². The summed E-state index contributed by atoms with van der Waals surface area (Å²) in [6.45, 7) is 0.304. The number of nitrogens with one attached hydrogen (secondary N) is 2. The van der Waals surface area contributed by atoms with Crippen LogP contribution >= 0.6 is 0 Å². The predicted molar refractivity (Wildman–Crippen MR) is 143 cm³/mol. The molecule has 7 heteroatoms. The lowest BCUT2D eigenvalue weighted by Crippen LogP contribution is -2.24. The molecule has 5 aromatic rings. The van der Waals surface area contributed by atoms with Crippen LogP contribution < -0.4 is 10.6 Å². The Balaban J connectivity index is 1.21. The van der Waals surface area contributed by atoms with E-state index in [-0.39, 0.29) is 11.8 Å². The number of para-hydroxylation sites is 3. The molecule has 1 unspecified atom stereocenters. The van der Waals surface area contributed by atoms with Crippen molar-refractivity contribution in [1.29, 1.82) is 0 Å². The molecule has 182 valence electrons. The molecule has 0 saturated heterocycles. The van der Waals surface area contributed by atoms with Crippen LogP contribution in [0.5, 0.6) is 0 Å². The minimum Gasteiger partial charge on any atom is -0.345 e. The van der Waals surface area contributed by atoms with Crippen LogP contribution in [0.2, 0.25) is 0 Å². The van der Waals surface area contributed by atoms with E-state index in [0.29, 0.717) is 24.3 Å². The van der Waals surface area contributed by atoms with Crippen molar-refractivity contribution in [2.24, 2.45) is 0 Å². The summed E-state index contributed by atoms with van der Waals surface area (Å²) >= 11 is 0. The van der Waals surface area contributed by atoms with Gasteiger partial charge in [-0.25, -0.2) is 9.97 Å². The number of benzene rings is 3. The molecule has 0 saturated carbocycles. The number of fused-ring (bicyclic) bond motifs is 2. The van der Waals surface area contributed by atoms with Crippen LogP contribution in [0.15, 0.2) is 91.1 Å². The Morgan fingerprint density at radius 3 is 2.62 bits per heavy atom.